The van der Waals surface area contributed by atoms with Crippen LogP contribution in [0.4, 0.5) is 0 Å². The van der Waals surface area contributed by atoms with Crippen LogP contribution in [0, 0.1) is 6.92 Å². The molecule has 2 heteroatoms. The van der Waals surface area contributed by atoms with Gasteiger partial charge in [0.25, 0.3) is 5.91 Å². The minimum Gasteiger partial charge on any atom is -0.349 e. The van der Waals surface area contributed by atoms with E-state index in [9.17, 15) is 4.79 Å². The Labute approximate surface area is 97.1 Å². The summed E-state index contributed by atoms with van der Waals surface area (Å²) in [5, 5.41) is 3.12. The summed E-state index contributed by atoms with van der Waals surface area (Å²) in [6.07, 6.45) is 6.09. The fourth-order valence-corrected chi connectivity index (χ4v) is 2.30. The molecule has 0 atom stereocenters. The Bertz CT molecular complexity index is 367. The molecule has 1 saturated carbocycles. The lowest BCUT2D eigenvalue weighted by atomic mass is 9.95. The van der Waals surface area contributed by atoms with Crippen molar-refractivity contribution in [2.24, 2.45) is 0 Å². The Kier molecular flexibility index (Phi) is 3.60. The van der Waals surface area contributed by atoms with Crippen LogP contribution in [0.15, 0.2) is 24.3 Å². The number of aryl methyl sites for hydroxylation is 1. The van der Waals surface area contributed by atoms with Crippen molar-refractivity contribution >= 4 is 5.91 Å². The molecule has 0 saturated heterocycles. The molecule has 0 spiro atoms. The molecule has 2 rings (SSSR count). The average molecular weight is 217 g/mol. The Morgan fingerprint density at radius 2 is 2.00 bits per heavy atom. The first-order valence-electron chi connectivity index (χ1n) is 6.13. The molecule has 0 bridgehead atoms. The van der Waals surface area contributed by atoms with E-state index >= 15 is 0 Å². The highest BCUT2D eigenvalue weighted by Crippen LogP contribution is 2.17. The first-order chi connectivity index (χ1) is 7.75. The second-order valence-corrected chi connectivity index (χ2v) is 4.68. The van der Waals surface area contributed by atoms with Crippen LogP contribution in [0.25, 0.3) is 0 Å². The van der Waals surface area contributed by atoms with Gasteiger partial charge < -0.3 is 5.32 Å². The van der Waals surface area contributed by atoms with Crippen molar-refractivity contribution in [3.63, 3.8) is 0 Å². The van der Waals surface area contributed by atoms with Crippen LogP contribution in [0.5, 0.6) is 0 Å². The Morgan fingerprint density at radius 3 is 2.69 bits per heavy atom. The maximum Gasteiger partial charge on any atom is 0.251 e. The molecule has 0 unspecified atom stereocenters. The lowest BCUT2D eigenvalue weighted by Crippen LogP contribution is -2.36. The standard InChI is InChI=1S/C14H19NO/c1-11-6-5-7-12(10-11)14(16)15-13-8-3-2-4-9-13/h5-7,10,13H,2-4,8-9H2,1H3,(H,15,16). The smallest absolute Gasteiger partial charge is 0.251 e. The SMILES string of the molecule is Cc1cccc(C(=O)NC2CCCCC2)c1. The monoisotopic (exact) mass is 217 g/mol. The van der Waals surface area contributed by atoms with Gasteiger partial charge in [-0.05, 0) is 31.9 Å². The van der Waals surface area contributed by atoms with Gasteiger partial charge in [0.05, 0.1) is 0 Å². The number of nitrogens with one attached hydrogen (secondary N) is 1. The van der Waals surface area contributed by atoms with E-state index in [0.29, 0.717) is 6.04 Å². The minimum atomic E-state index is 0.0793. The predicted molar refractivity (Wildman–Crippen MR) is 65.5 cm³/mol. The Balaban J connectivity index is 1.97. The second kappa shape index (κ2) is 5.15. The molecule has 1 aromatic carbocycles. The molecule has 1 aliphatic rings. The molecule has 0 radical (unpaired) electrons. The third kappa shape index (κ3) is 2.84. The molecule has 0 aliphatic heterocycles. The lowest BCUT2D eigenvalue weighted by molar-refractivity contribution is 0.0927. The van der Waals surface area contributed by atoms with Crippen molar-refractivity contribution in [1.29, 1.82) is 0 Å². The molecule has 16 heavy (non-hydrogen) atoms. The quantitative estimate of drug-likeness (QED) is 0.810. The summed E-state index contributed by atoms with van der Waals surface area (Å²) in [5.41, 5.74) is 1.92. The Hall–Kier alpha value is -1.31. The van der Waals surface area contributed by atoms with Crippen molar-refractivity contribution in [2.75, 3.05) is 0 Å². The number of benzene rings is 1. The van der Waals surface area contributed by atoms with Gasteiger partial charge in [0, 0.05) is 11.6 Å². The van der Waals surface area contributed by atoms with Crippen LogP contribution in [-0.4, -0.2) is 11.9 Å². The number of carbonyl (C=O) groups excluding carboxylic acids is 1. The fraction of sp³-hybridized carbons (Fsp3) is 0.500. The van der Waals surface area contributed by atoms with Gasteiger partial charge in [0.2, 0.25) is 0 Å². The molecule has 1 aromatic rings. The van der Waals surface area contributed by atoms with E-state index in [1.54, 1.807) is 0 Å². The summed E-state index contributed by atoms with van der Waals surface area (Å²) >= 11 is 0. The van der Waals surface area contributed by atoms with Gasteiger partial charge >= 0.3 is 0 Å². The van der Waals surface area contributed by atoms with Gasteiger partial charge in [-0.3, -0.25) is 4.79 Å². The zero-order chi connectivity index (χ0) is 11.4. The highest BCUT2D eigenvalue weighted by Gasteiger charge is 2.16. The van der Waals surface area contributed by atoms with Crippen molar-refractivity contribution < 1.29 is 4.79 Å². The molecule has 1 aliphatic carbocycles. The molecule has 0 aromatic heterocycles. The third-order valence-electron chi connectivity index (χ3n) is 3.22. The average Bonchev–Trinajstić information content (AvgIpc) is 2.30. The molecule has 2 nitrogen and oxygen atoms in total. The highest BCUT2D eigenvalue weighted by molar-refractivity contribution is 5.94. The zero-order valence-electron chi connectivity index (χ0n) is 9.83. The van der Waals surface area contributed by atoms with Gasteiger partial charge in [-0.2, -0.15) is 0 Å². The van der Waals surface area contributed by atoms with E-state index in [1.165, 1.54) is 19.3 Å². The van der Waals surface area contributed by atoms with E-state index < -0.39 is 0 Å². The van der Waals surface area contributed by atoms with E-state index in [1.807, 2.05) is 31.2 Å². The van der Waals surface area contributed by atoms with Gasteiger partial charge in [0.1, 0.15) is 0 Å². The molecule has 1 N–H and O–H groups in total. The molecule has 86 valence electrons. The molecular formula is C14H19NO. The number of amides is 1. The second-order valence-electron chi connectivity index (χ2n) is 4.68. The normalized spacial score (nSPS) is 17.1. The van der Waals surface area contributed by atoms with E-state index in [4.69, 9.17) is 0 Å². The van der Waals surface area contributed by atoms with Crippen molar-refractivity contribution in [3.05, 3.63) is 35.4 Å². The van der Waals surface area contributed by atoms with Crippen molar-refractivity contribution in [2.45, 2.75) is 45.1 Å². The summed E-state index contributed by atoms with van der Waals surface area (Å²) in [5.74, 6) is 0.0793. The zero-order valence-corrected chi connectivity index (χ0v) is 9.83. The third-order valence-corrected chi connectivity index (χ3v) is 3.22. The van der Waals surface area contributed by atoms with Crippen LogP contribution in [-0.2, 0) is 0 Å². The lowest BCUT2D eigenvalue weighted by Gasteiger charge is -2.22. The molecule has 1 amide bonds. The summed E-state index contributed by atoms with van der Waals surface area (Å²) in [4.78, 5) is 12.0. The van der Waals surface area contributed by atoms with Crippen LogP contribution in [0.1, 0.15) is 48.0 Å². The van der Waals surface area contributed by atoms with Gasteiger partial charge in [-0.1, -0.05) is 37.0 Å². The van der Waals surface area contributed by atoms with Crippen LogP contribution in [0.2, 0.25) is 0 Å². The van der Waals surface area contributed by atoms with Crippen LogP contribution in [0.3, 0.4) is 0 Å². The summed E-state index contributed by atoms with van der Waals surface area (Å²) in [7, 11) is 0. The first-order valence-corrected chi connectivity index (χ1v) is 6.13. The van der Waals surface area contributed by atoms with Crippen molar-refractivity contribution in [3.8, 4) is 0 Å². The van der Waals surface area contributed by atoms with E-state index in [0.717, 1.165) is 24.0 Å². The summed E-state index contributed by atoms with van der Waals surface area (Å²) in [6, 6.07) is 8.16. The minimum absolute atomic E-state index is 0.0793. The van der Waals surface area contributed by atoms with Gasteiger partial charge in [-0.15, -0.1) is 0 Å². The molecule has 1 fully saturated rings. The van der Waals surface area contributed by atoms with E-state index in [2.05, 4.69) is 5.32 Å². The van der Waals surface area contributed by atoms with Crippen LogP contribution >= 0.6 is 0 Å². The van der Waals surface area contributed by atoms with Crippen molar-refractivity contribution in [1.82, 2.24) is 5.32 Å². The summed E-state index contributed by atoms with van der Waals surface area (Å²) < 4.78 is 0. The molecule has 0 heterocycles. The first kappa shape index (κ1) is 11.2. The number of hydrogen-bond donors (Lipinski definition) is 1. The number of hydrogen-bond acceptors (Lipinski definition) is 1. The predicted octanol–water partition coefficient (Wildman–Crippen LogP) is 3.06. The largest absolute Gasteiger partial charge is 0.349 e. The van der Waals surface area contributed by atoms with Crippen LogP contribution < -0.4 is 5.32 Å². The fourth-order valence-electron chi connectivity index (χ4n) is 2.30. The van der Waals surface area contributed by atoms with Gasteiger partial charge in [-0.25, -0.2) is 0 Å². The highest BCUT2D eigenvalue weighted by atomic mass is 16.1. The Morgan fingerprint density at radius 1 is 1.25 bits per heavy atom. The summed E-state index contributed by atoms with van der Waals surface area (Å²) in [6.45, 7) is 2.01. The maximum atomic E-state index is 12.0. The number of carbonyl (C=O) groups is 1. The van der Waals surface area contributed by atoms with Gasteiger partial charge in [0.15, 0.2) is 0 Å². The molecular weight excluding hydrogens is 198 g/mol. The number of rotatable bonds is 2. The topological polar surface area (TPSA) is 29.1 Å². The van der Waals surface area contributed by atoms with E-state index in [-0.39, 0.29) is 5.91 Å². The maximum absolute atomic E-state index is 12.0.